The first-order valence-electron chi connectivity index (χ1n) is 6.88. The van der Waals surface area contributed by atoms with E-state index < -0.39 is 5.97 Å². The molecular weight excluding hydrogens is 284 g/mol. The maximum atomic E-state index is 10.6. The molecule has 2 rings (SSSR count). The lowest BCUT2D eigenvalue weighted by Gasteiger charge is -2.06. The van der Waals surface area contributed by atoms with E-state index in [-0.39, 0.29) is 6.42 Å². The van der Waals surface area contributed by atoms with E-state index in [4.69, 9.17) is 5.11 Å². The van der Waals surface area contributed by atoms with Crippen LogP contribution in [0.4, 0.5) is 0 Å². The molecular formula is C16H18N2O2S. The molecule has 0 fully saturated rings. The monoisotopic (exact) mass is 302 g/mol. The van der Waals surface area contributed by atoms with Crippen LogP contribution in [0.5, 0.6) is 0 Å². The van der Waals surface area contributed by atoms with Gasteiger partial charge in [0.05, 0.1) is 12.1 Å². The molecule has 110 valence electrons. The summed E-state index contributed by atoms with van der Waals surface area (Å²) in [5.74, 6) is -0.321. The number of benzene rings is 1. The van der Waals surface area contributed by atoms with Crippen molar-refractivity contribution in [3.63, 3.8) is 0 Å². The van der Waals surface area contributed by atoms with Crippen molar-refractivity contribution in [1.29, 1.82) is 0 Å². The van der Waals surface area contributed by atoms with Crippen LogP contribution in [0.15, 0.2) is 35.5 Å². The van der Waals surface area contributed by atoms with E-state index in [1.807, 2.05) is 13.0 Å². The van der Waals surface area contributed by atoms with Gasteiger partial charge < -0.3 is 5.11 Å². The lowest BCUT2D eigenvalue weighted by molar-refractivity contribution is -0.136. The lowest BCUT2D eigenvalue weighted by Crippen LogP contribution is -1.98. The summed E-state index contributed by atoms with van der Waals surface area (Å²) in [7, 11) is 0. The number of rotatable bonds is 6. The fourth-order valence-electron chi connectivity index (χ4n) is 1.89. The molecule has 0 unspecified atom stereocenters. The van der Waals surface area contributed by atoms with Gasteiger partial charge in [0.2, 0.25) is 0 Å². The van der Waals surface area contributed by atoms with Crippen molar-refractivity contribution in [2.75, 3.05) is 5.75 Å². The zero-order chi connectivity index (χ0) is 15.2. The minimum Gasteiger partial charge on any atom is -0.481 e. The average Bonchev–Trinajstić information content (AvgIpc) is 2.46. The van der Waals surface area contributed by atoms with E-state index >= 15 is 0 Å². The van der Waals surface area contributed by atoms with Gasteiger partial charge in [-0.2, -0.15) is 0 Å². The van der Waals surface area contributed by atoms with E-state index in [2.05, 4.69) is 41.2 Å². The van der Waals surface area contributed by atoms with Gasteiger partial charge >= 0.3 is 5.97 Å². The molecule has 0 bridgehead atoms. The highest BCUT2D eigenvalue weighted by Gasteiger charge is 2.06. The predicted octanol–water partition coefficient (Wildman–Crippen LogP) is 3.58. The smallest absolute Gasteiger partial charge is 0.304 e. The van der Waals surface area contributed by atoms with Gasteiger partial charge in [-0.3, -0.25) is 4.79 Å². The lowest BCUT2D eigenvalue weighted by atomic mass is 10.1. The topological polar surface area (TPSA) is 63.1 Å². The molecule has 1 aromatic carbocycles. The van der Waals surface area contributed by atoms with Crippen LogP contribution >= 0.6 is 11.8 Å². The second-order valence-corrected chi connectivity index (χ2v) is 5.78. The van der Waals surface area contributed by atoms with Crippen molar-refractivity contribution in [3.8, 4) is 11.3 Å². The van der Waals surface area contributed by atoms with Crippen molar-refractivity contribution < 1.29 is 9.90 Å². The Morgan fingerprint density at radius 3 is 2.57 bits per heavy atom. The van der Waals surface area contributed by atoms with Gasteiger partial charge in [0.15, 0.2) is 5.16 Å². The number of carbonyl (C=O) groups is 1. The third-order valence-electron chi connectivity index (χ3n) is 3.04. The van der Waals surface area contributed by atoms with Crippen LogP contribution in [0.1, 0.15) is 24.6 Å². The average molecular weight is 302 g/mol. The molecule has 21 heavy (non-hydrogen) atoms. The van der Waals surface area contributed by atoms with Crippen LogP contribution in [0.25, 0.3) is 11.3 Å². The first-order valence-corrected chi connectivity index (χ1v) is 7.86. The minimum absolute atomic E-state index is 0.114. The van der Waals surface area contributed by atoms with Crippen molar-refractivity contribution in [2.45, 2.75) is 31.8 Å². The molecule has 0 radical (unpaired) electrons. The quantitative estimate of drug-likeness (QED) is 0.652. The zero-order valence-electron chi connectivity index (χ0n) is 12.2. The summed E-state index contributed by atoms with van der Waals surface area (Å²) in [6.45, 7) is 4.05. The van der Waals surface area contributed by atoms with Crippen molar-refractivity contribution in [1.82, 2.24) is 9.97 Å². The highest BCUT2D eigenvalue weighted by Crippen LogP contribution is 2.22. The molecule has 0 aliphatic heterocycles. The van der Waals surface area contributed by atoms with E-state index in [0.29, 0.717) is 10.9 Å². The Bertz CT molecular complexity index is 627. The van der Waals surface area contributed by atoms with E-state index in [0.717, 1.165) is 23.4 Å². The number of aliphatic carboxylic acids is 1. The van der Waals surface area contributed by atoms with Crippen LogP contribution in [-0.2, 0) is 11.2 Å². The second-order valence-electron chi connectivity index (χ2n) is 4.72. The second kappa shape index (κ2) is 7.22. The number of aromatic nitrogens is 2. The molecule has 0 amide bonds. The molecule has 1 aromatic heterocycles. The zero-order valence-corrected chi connectivity index (χ0v) is 13.0. The van der Waals surface area contributed by atoms with Gasteiger partial charge in [-0.25, -0.2) is 9.97 Å². The molecule has 4 nitrogen and oxygen atoms in total. The van der Waals surface area contributed by atoms with Crippen molar-refractivity contribution in [3.05, 3.63) is 41.6 Å². The molecule has 1 N–H and O–H groups in total. The van der Waals surface area contributed by atoms with Crippen LogP contribution < -0.4 is 0 Å². The molecule has 0 aliphatic carbocycles. The summed E-state index contributed by atoms with van der Waals surface area (Å²) in [5.41, 5.74) is 4.11. The fraction of sp³-hybridized carbons (Fsp3) is 0.312. The molecule has 2 aromatic rings. The Labute approximate surface area is 128 Å². The Morgan fingerprint density at radius 2 is 1.95 bits per heavy atom. The molecule has 1 heterocycles. The van der Waals surface area contributed by atoms with Crippen molar-refractivity contribution >= 4 is 17.7 Å². The number of hydrogen-bond acceptors (Lipinski definition) is 4. The number of aryl methyl sites for hydroxylation is 2. The SMILES string of the molecule is CCc1ccc(-c2cc(C)nc(SCCC(=O)O)n2)cc1. The highest BCUT2D eigenvalue weighted by atomic mass is 32.2. The van der Waals surface area contributed by atoms with Crippen LogP contribution in [0.2, 0.25) is 0 Å². The molecule has 0 saturated carbocycles. The third-order valence-corrected chi connectivity index (χ3v) is 3.89. The summed E-state index contributed by atoms with van der Waals surface area (Å²) < 4.78 is 0. The number of carboxylic acid groups (broad SMARTS) is 1. The highest BCUT2D eigenvalue weighted by molar-refractivity contribution is 7.99. The van der Waals surface area contributed by atoms with Gasteiger partial charge in [-0.1, -0.05) is 43.0 Å². The molecule has 0 saturated heterocycles. The number of carboxylic acids is 1. The van der Waals surface area contributed by atoms with Gasteiger partial charge in [-0.15, -0.1) is 0 Å². The summed E-state index contributed by atoms with van der Waals surface area (Å²) >= 11 is 1.38. The van der Waals surface area contributed by atoms with Gasteiger partial charge in [0, 0.05) is 17.0 Å². The van der Waals surface area contributed by atoms with E-state index in [1.165, 1.54) is 17.3 Å². The predicted molar refractivity (Wildman–Crippen MR) is 84.6 cm³/mol. The Hall–Kier alpha value is -1.88. The number of thioether (sulfide) groups is 1. The van der Waals surface area contributed by atoms with Gasteiger partial charge in [0.1, 0.15) is 0 Å². The number of hydrogen-bond donors (Lipinski definition) is 1. The molecule has 0 spiro atoms. The van der Waals surface area contributed by atoms with Gasteiger partial charge in [0.25, 0.3) is 0 Å². The molecule has 5 heteroatoms. The Morgan fingerprint density at radius 1 is 1.24 bits per heavy atom. The standard InChI is InChI=1S/C16H18N2O2S/c1-3-12-4-6-13(7-5-12)14-10-11(2)17-16(18-14)21-9-8-15(19)20/h4-7,10H,3,8-9H2,1-2H3,(H,19,20). The fourth-order valence-corrected chi connectivity index (χ4v) is 2.73. The van der Waals surface area contributed by atoms with E-state index in [9.17, 15) is 4.79 Å². The third kappa shape index (κ3) is 4.56. The maximum Gasteiger partial charge on any atom is 0.304 e. The maximum absolute atomic E-state index is 10.6. The summed E-state index contributed by atoms with van der Waals surface area (Å²) in [4.78, 5) is 19.4. The summed E-state index contributed by atoms with van der Waals surface area (Å²) in [5, 5.41) is 9.30. The first kappa shape index (κ1) is 15.5. The number of nitrogens with zero attached hydrogens (tertiary/aromatic N) is 2. The van der Waals surface area contributed by atoms with Crippen molar-refractivity contribution in [2.24, 2.45) is 0 Å². The largest absolute Gasteiger partial charge is 0.481 e. The minimum atomic E-state index is -0.800. The molecule has 0 aliphatic rings. The Balaban J connectivity index is 2.19. The van der Waals surface area contributed by atoms with Crippen LogP contribution in [0.3, 0.4) is 0 Å². The first-order chi connectivity index (χ1) is 10.1. The normalized spacial score (nSPS) is 10.6. The van der Waals surface area contributed by atoms with Gasteiger partial charge in [-0.05, 0) is 25.0 Å². The van der Waals surface area contributed by atoms with E-state index in [1.54, 1.807) is 0 Å². The summed E-state index contributed by atoms with van der Waals surface area (Å²) in [6.07, 6.45) is 1.13. The van der Waals surface area contributed by atoms with Crippen LogP contribution in [0, 0.1) is 6.92 Å². The molecule has 0 atom stereocenters. The Kier molecular flexibility index (Phi) is 5.33. The summed E-state index contributed by atoms with van der Waals surface area (Å²) in [6, 6.07) is 10.3. The van der Waals surface area contributed by atoms with Crippen LogP contribution in [-0.4, -0.2) is 26.8 Å².